The lowest BCUT2D eigenvalue weighted by Gasteiger charge is -2.19. The van der Waals surface area contributed by atoms with Crippen molar-refractivity contribution >= 4 is 23.2 Å². The minimum atomic E-state index is -0.317. The van der Waals surface area contributed by atoms with E-state index in [-0.39, 0.29) is 24.2 Å². The molecule has 0 radical (unpaired) electrons. The van der Waals surface area contributed by atoms with Crippen molar-refractivity contribution in [2.24, 2.45) is 5.92 Å². The number of amides is 2. The minimum absolute atomic E-state index is 0.00535. The summed E-state index contributed by atoms with van der Waals surface area (Å²) < 4.78 is 0. The van der Waals surface area contributed by atoms with Gasteiger partial charge in [-0.25, -0.2) is 0 Å². The number of para-hydroxylation sites is 1. The Morgan fingerprint density at radius 2 is 1.88 bits per heavy atom. The number of aryl methyl sites for hydroxylation is 2. The van der Waals surface area contributed by atoms with Gasteiger partial charge >= 0.3 is 0 Å². The van der Waals surface area contributed by atoms with Crippen LogP contribution >= 0.6 is 0 Å². The fourth-order valence-corrected chi connectivity index (χ4v) is 3.05. The lowest BCUT2D eigenvalue weighted by Crippen LogP contribution is -2.28. The first-order valence-corrected chi connectivity index (χ1v) is 8.34. The van der Waals surface area contributed by atoms with Gasteiger partial charge in [-0.2, -0.15) is 0 Å². The van der Waals surface area contributed by atoms with Gasteiger partial charge in [-0.3, -0.25) is 9.59 Å². The molecular weight excluding hydrogens is 300 g/mol. The standard InChI is InChI=1S/C20H22N2O2/c1-3-15-8-10-17(11-9-15)21-20(24)16-12-19(23)22(13-16)18-7-5-4-6-14(18)2/h4-11,16H,3,12-13H2,1-2H3,(H,21,24)/t16-/m0/s1. The van der Waals surface area contributed by atoms with Crippen molar-refractivity contribution in [3.63, 3.8) is 0 Å². The summed E-state index contributed by atoms with van der Waals surface area (Å²) in [6.45, 7) is 4.51. The van der Waals surface area contributed by atoms with E-state index in [0.29, 0.717) is 6.54 Å². The lowest BCUT2D eigenvalue weighted by molar-refractivity contribution is -0.122. The fraction of sp³-hybridized carbons (Fsp3) is 0.300. The number of carbonyl (C=O) groups is 2. The summed E-state index contributed by atoms with van der Waals surface area (Å²) in [6, 6.07) is 15.6. The van der Waals surface area contributed by atoms with Crippen LogP contribution in [-0.4, -0.2) is 18.4 Å². The minimum Gasteiger partial charge on any atom is -0.326 e. The lowest BCUT2D eigenvalue weighted by atomic mass is 10.1. The Labute approximate surface area is 142 Å². The molecule has 1 N–H and O–H groups in total. The highest BCUT2D eigenvalue weighted by Gasteiger charge is 2.35. The molecule has 124 valence electrons. The van der Waals surface area contributed by atoms with E-state index in [1.165, 1.54) is 5.56 Å². The number of carbonyl (C=O) groups excluding carboxylic acids is 2. The average Bonchev–Trinajstić information content (AvgIpc) is 2.98. The van der Waals surface area contributed by atoms with Crippen LogP contribution in [0.2, 0.25) is 0 Å². The molecule has 2 aromatic rings. The Bertz CT molecular complexity index is 752. The van der Waals surface area contributed by atoms with Gasteiger partial charge in [0.1, 0.15) is 0 Å². The van der Waals surface area contributed by atoms with Gasteiger partial charge in [0.15, 0.2) is 0 Å². The molecule has 2 amide bonds. The second-order valence-corrected chi connectivity index (χ2v) is 6.23. The van der Waals surface area contributed by atoms with Crippen LogP contribution in [0.15, 0.2) is 48.5 Å². The highest BCUT2D eigenvalue weighted by Crippen LogP contribution is 2.28. The highest BCUT2D eigenvalue weighted by atomic mass is 16.2. The molecule has 0 saturated carbocycles. The third-order valence-electron chi connectivity index (χ3n) is 4.53. The first kappa shape index (κ1) is 16.2. The van der Waals surface area contributed by atoms with E-state index >= 15 is 0 Å². The van der Waals surface area contributed by atoms with E-state index in [1.807, 2.05) is 55.5 Å². The Morgan fingerprint density at radius 3 is 2.54 bits per heavy atom. The van der Waals surface area contributed by atoms with E-state index in [9.17, 15) is 9.59 Å². The SMILES string of the molecule is CCc1ccc(NC(=O)[C@H]2CC(=O)N(c3ccccc3C)C2)cc1. The molecule has 1 aliphatic heterocycles. The molecule has 1 aliphatic rings. The fourth-order valence-electron chi connectivity index (χ4n) is 3.05. The summed E-state index contributed by atoms with van der Waals surface area (Å²) >= 11 is 0. The summed E-state index contributed by atoms with van der Waals surface area (Å²) in [5.41, 5.74) is 3.95. The van der Waals surface area contributed by atoms with Crippen molar-refractivity contribution in [1.29, 1.82) is 0 Å². The van der Waals surface area contributed by atoms with E-state index in [2.05, 4.69) is 12.2 Å². The molecule has 3 rings (SSSR count). The van der Waals surface area contributed by atoms with Gasteiger partial charge in [-0.15, -0.1) is 0 Å². The van der Waals surface area contributed by atoms with Gasteiger partial charge in [0.05, 0.1) is 5.92 Å². The van der Waals surface area contributed by atoms with Crippen LogP contribution in [0.5, 0.6) is 0 Å². The molecule has 1 fully saturated rings. The van der Waals surface area contributed by atoms with Crippen LogP contribution in [0.3, 0.4) is 0 Å². The number of nitrogens with zero attached hydrogens (tertiary/aromatic N) is 1. The Kier molecular flexibility index (Phi) is 4.65. The van der Waals surface area contributed by atoms with Crippen LogP contribution in [0.1, 0.15) is 24.5 Å². The second kappa shape index (κ2) is 6.87. The molecule has 0 spiro atoms. The molecule has 0 unspecified atom stereocenters. The summed E-state index contributed by atoms with van der Waals surface area (Å²) in [5, 5.41) is 2.92. The average molecular weight is 322 g/mol. The maximum Gasteiger partial charge on any atom is 0.229 e. The quantitative estimate of drug-likeness (QED) is 0.936. The number of hydrogen-bond donors (Lipinski definition) is 1. The smallest absolute Gasteiger partial charge is 0.229 e. The van der Waals surface area contributed by atoms with E-state index in [1.54, 1.807) is 4.90 Å². The van der Waals surface area contributed by atoms with Crippen LogP contribution in [0.4, 0.5) is 11.4 Å². The predicted octanol–water partition coefficient (Wildman–Crippen LogP) is 3.55. The summed E-state index contributed by atoms with van der Waals surface area (Å²) in [7, 11) is 0. The maximum absolute atomic E-state index is 12.5. The number of nitrogens with one attached hydrogen (secondary N) is 1. The zero-order chi connectivity index (χ0) is 17.1. The third-order valence-corrected chi connectivity index (χ3v) is 4.53. The van der Waals surface area contributed by atoms with Crippen molar-refractivity contribution in [3.05, 3.63) is 59.7 Å². The second-order valence-electron chi connectivity index (χ2n) is 6.23. The van der Waals surface area contributed by atoms with Crippen LogP contribution in [0.25, 0.3) is 0 Å². The number of benzene rings is 2. The molecular formula is C20H22N2O2. The molecule has 1 heterocycles. The zero-order valence-corrected chi connectivity index (χ0v) is 14.1. The molecule has 4 heteroatoms. The van der Waals surface area contributed by atoms with E-state index in [4.69, 9.17) is 0 Å². The molecule has 0 aliphatic carbocycles. The highest BCUT2D eigenvalue weighted by molar-refractivity contribution is 6.03. The van der Waals surface area contributed by atoms with Gasteiger partial charge in [0, 0.05) is 24.3 Å². The van der Waals surface area contributed by atoms with Crippen molar-refractivity contribution in [2.45, 2.75) is 26.7 Å². The topological polar surface area (TPSA) is 49.4 Å². The zero-order valence-electron chi connectivity index (χ0n) is 14.1. The summed E-state index contributed by atoms with van der Waals surface area (Å²) in [6.07, 6.45) is 1.23. The van der Waals surface area contributed by atoms with Gasteiger partial charge in [-0.05, 0) is 42.7 Å². The molecule has 24 heavy (non-hydrogen) atoms. The first-order valence-electron chi connectivity index (χ1n) is 8.34. The number of rotatable bonds is 4. The monoisotopic (exact) mass is 322 g/mol. The molecule has 2 aromatic carbocycles. The van der Waals surface area contributed by atoms with Gasteiger partial charge in [-0.1, -0.05) is 37.3 Å². The van der Waals surface area contributed by atoms with Crippen molar-refractivity contribution in [1.82, 2.24) is 0 Å². The largest absolute Gasteiger partial charge is 0.326 e. The van der Waals surface area contributed by atoms with E-state index in [0.717, 1.165) is 23.4 Å². The molecule has 1 saturated heterocycles. The maximum atomic E-state index is 12.5. The normalized spacial score (nSPS) is 17.2. The number of hydrogen-bond acceptors (Lipinski definition) is 2. The van der Waals surface area contributed by atoms with Gasteiger partial charge in [0.2, 0.25) is 11.8 Å². The molecule has 0 bridgehead atoms. The van der Waals surface area contributed by atoms with Crippen LogP contribution in [-0.2, 0) is 16.0 Å². The Morgan fingerprint density at radius 1 is 1.17 bits per heavy atom. The summed E-state index contributed by atoms with van der Waals surface area (Å²) in [5.74, 6) is -0.405. The predicted molar refractivity (Wildman–Crippen MR) is 96.1 cm³/mol. The summed E-state index contributed by atoms with van der Waals surface area (Å²) in [4.78, 5) is 26.5. The Balaban J connectivity index is 1.68. The van der Waals surface area contributed by atoms with E-state index < -0.39 is 0 Å². The van der Waals surface area contributed by atoms with Crippen molar-refractivity contribution in [2.75, 3.05) is 16.8 Å². The van der Waals surface area contributed by atoms with Crippen LogP contribution in [0, 0.1) is 12.8 Å². The third kappa shape index (κ3) is 3.32. The first-order chi connectivity index (χ1) is 11.6. The van der Waals surface area contributed by atoms with Crippen molar-refractivity contribution in [3.8, 4) is 0 Å². The molecule has 4 nitrogen and oxygen atoms in total. The molecule has 1 atom stereocenters. The van der Waals surface area contributed by atoms with Gasteiger partial charge < -0.3 is 10.2 Å². The molecule has 0 aromatic heterocycles. The van der Waals surface area contributed by atoms with Crippen LogP contribution < -0.4 is 10.2 Å². The number of anilines is 2. The Hall–Kier alpha value is -2.62. The van der Waals surface area contributed by atoms with Crippen molar-refractivity contribution < 1.29 is 9.59 Å². The van der Waals surface area contributed by atoms with Gasteiger partial charge in [0.25, 0.3) is 0 Å².